The molecule has 0 aliphatic heterocycles. The van der Waals surface area contributed by atoms with E-state index >= 15 is 0 Å². The van der Waals surface area contributed by atoms with Crippen LogP contribution in [-0.2, 0) is 31.8 Å². The van der Waals surface area contributed by atoms with Crippen molar-refractivity contribution in [1.29, 1.82) is 0 Å². The van der Waals surface area contributed by atoms with Crippen molar-refractivity contribution in [3.05, 3.63) is 94.3 Å². The third kappa shape index (κ3) is 8.66. The molecule has 2 heterocycles. The highest BCUT2D eigenvalue weighted by Gasteiger charge is 2.36. The van der Waals surface area contributed by atoms with E-state index in [4.69, 9.17) is 5.73 Å². The summed E-state index contributed by atoms with van der Waals surface area (Å²) in [4.78, 5) is 66.1. The van der Waals surface area contributed by atoms with Crippen LogP contribution >= 0.6 is 18.7 Å². The van der Waals surface area contributed by atoms with Gasteiger partial charge in [-0.2, -0.15) is 0 Å². The van der Waals surface area contributed by atoms with Crippen molar-refractivity contribution in [2.75, 3.05) is 6.16 Å². The predicted octanol–water partition coefficient (Wildman–Crippen LogP) is 3.30. The number of nitrogens with two attached hydrogens (primary N) is 1. The van der Waals surface area contributed by atoms with Crippen molar-refractivity contribution in [3.63, 3.8) is 0 Å². The zero-order valence-corrected chi connectivity index (χ0v) is 25.9. The van der Waals surface area contributed by atoms with Crippen molar-refractivity contribution in [2.45, 2.75) is 50.5 Å². The van der Waals surface area contributed by atoms with Crippen LogP contribution < -0.4 is 21.7 Å². The number of nitrogens with one attached hydrogen (secondary N) is 4. The second-order valence-electron chi connectivity index (χ2n) is 10.5. The molecule has 4 amide bonds. The SMILES string of the molecule is CCC[C@H](NC(=O)CP(=O)(O)C(Cc1ccccc1)NC(=O)c1cccs1)C(=O)N[C@@H](Cc1c[nH]c2ccccc12)C(N)=O. The van der Waals surface area contributed by atoms with Gasteiger partial charge in [0.05, 0.1) is 4.88 Å². The van der Waals surface area contributed by atoms with E-state index in [1.54, 1.807) is 54.0 Å². The van der Waals surface area contributed by atoms with Crippen LogP contribution in [-0.4, -0.2) is 57.5 Å². The molecule has 0 aliphatic rings. The molecule has 13 heteroatoms. The third-order valence-corrected chi connectivity index (χ3v) is 10.1. The minimum atomic E-state index is -4.34. The Labute approximate surface area is 259 Å². The fourth-order valence-corrected chi connectivity index (χ4v) is 7.06. The van der Waals surface area contributed by atoms with Crippen LogP contribution in [0.2, 0.25) is 0 Å². The number of thiophene rings is 1. The molecule has 0 saturated heterocycles. The molecule has 0 fully saturated rings. The predicted molar refractivity (Wildman–Crippen MR) is 170 cm³/mol. The molecule has 7 N–H and O–H groups in total. The zero-order valence-electron chi connectivity index (χ0n) is 24.2. The molecule has 44 heavy (non-hydrogen) atoms. The van der Waals surface area contributed by atoms with Gasteiger partial charge in [0, 0.05) is 29.9 Å². The van der Waals surface area contributed by atoms with Gasteiger partial charge >= 0.3 is 0 Å². The molecule has 4 aromatic rings. The van der Waals surface area contributed by atoms with E-state index in [0.717, 1.165) is 16.5 Å². The Morgan fingerprint density at radius 3 is 2.34 bits per heavy atom. The lowest BCUT2D eigenvalue weighted by Crippen LogP contribution is -2.54. The van der Waals surface area contributed by atoms with E-state index in [1.807, 2.05) is 31.2 Å². The second kappa shape index (κ2) is 15.0. The molecule has 2 aromatic carbocycles. The Balaban J connectivity index is 1.44. The first-order chi connectivity index (χ1) is 21.1. The Morgan fingerprint density at radius 1 is 0.932 bits per heavy atom. The van der Waals surface area contributed by atoms with Gasteiger partial charge in [0.25, 0.3) is 5.91 Å². The van der Waals surface area contributed by atoms with Gasteiger partial charge in [-0.3, -0.25) is 23.7 Å². The zero-order chi connectivity index (χ0) is 31.7. The van der Waals surface area contributed by atoms with Gasteiger partial charge in [-0.1, -0.05) is 67.9 Å². The third-order valence-electron chi connectivity index (χ3n) is 7.16. The first-order valence-electron chi connectivity index (χ1n) is 14.2. The van der Waals surface area contributed by atoms with Crippen molar-refractivity contribution >= 4 is 53.2 Å². The van der Waals surface area contributed by atoms with Crippen LogP contribution in [0.4, 0.5) is 0 Å². The summed E-state index contributed by atoms with van der Waals surface area (Å²) in [6.45, 7) is 1.82. The van der Waals surface area contributed by atoms with Crippen LogP contribution in [0.1, 0.15) is 40.6 Å². The number of H-pyrrole nitrogens is 1. The average Bonchev–Trinajstić information content (AvgIpc) is 3.67. The van der Waals surface area contributed by atoms with Gasteiger partial charge < -0.3 is 31.6 Å². The molecule has 4 atom stereocenters. The number of rotatable bonds is 15. The number of aromatic nitrogens is 1. The molecule has 232 valence electrons. The van der Waals surface area contributed by atoms with Gasteiger partial charge in [-0.25, -0.2) is 0 Å². The maximum atomic E-state index is 13.6. The van der Waals surface area contributed by atoms with E-state index < -0.39 is 55.0 Å². The molecular weight excluding hydrogens is 601 g/mol. The molecule has 4 rings (SSSR count). The minimum Gasteiger partial charge on any atom is -0.368 e. The van der Waals surface area contributed by atoms with E-state index in [2.05, 4.69) is 20.9 Å². The normalized spacial score (nSPS) is 14.6. The van der Waals surface area contributed by atoms with Gasteiger partial charge in [-0.05, 0) is 35.1 Å². The maximum Gasteiger partial charge on any atom is 0.262 e. The number of carbonyl (C=O) groups is 4. The Hall–Kier alpha value is -4.25. The van der Waals surface area contributed by atoms with E-state index in [0.29, 0.717) is 16.9 Å². The van der Waals surface area contributed by atoms with Crippen LogP contribution in [0.5, 0.6) is 0 Å². The number of carbonyl (C=O) groups excluding carboxylic acids is 4. The highest BCUT2D eigenvalue weighted by atomic mass is 32.1. The largest absolute Gasteiger partial charge is 0.368 e. The lowest BCUT2D eigenvalue weighted by Gasteiger charge is -2.25. The quantitative estimate of drug-likeness (QED) is 0.109. The van der Waals surface area contributed by atoms with Crippen LogP contribution in [0.3, 0.4) is 0 Å². The number of hydrogen-bond acceptors (Lipinski definition) is 6. The topological polar surface area (TPSA) is 183 Å². The van der Waals surface area contributed by atoms with Crippen LogP contribution in [0.25, 0.3) is 10.9 Å². The number of aromatic amines is 1. The highest BCUT2D eigenvalue weighted by Crippen LogP contribution is 2.46. The molecule has 2 unspecified atom stereocenters. The standard InChI is InChI=1S/C31H36N5O6PS/c1-2-9-24(30(39)35-25(29(32)38)17-21-18-33-23-13-7-6-12-22(21)23)34-27(37)19-43(41,42)28(16-20-10-4-3-5-11-20)36-31(40)26-14-8-15-44-26/h3-8,10-15,18,24-25,28,33H,2,9,16-17,19H2,1H3,(H2,32,38)(H,34,37)(H,35,39)(H,36,40)(H,41,42)/t24-,25-,28?/m0/s1. The summed E-state index contributed by atoms with van der Waals surface area (Å²) in [7, 11) is -4.34. The monoisotopic (exact) mass is 637 g/mol. The lowest BCUT2D eigenvalue weighted by molar-refractivity contribution is -0.130. The first-order valence-corrected chi connectivity index (χ1v) is 17.0. The van der Waals surface area contributed by atoms with Gasteiger partial charge in [0.1, 0.15) is 24.0 Å². The average molecular weight is 638 g/mol. The molecular formula is C31H36N5O6PS. The molecule has 0 saturated carbocycles. The number of amides is 4. The molecule has 0 bridgehead atoms. The van der Waals surface area contributed by atoms with E-state index in [-0.39, 0.29) is 19.3 Å². The van der Waals surface area contributed by atoms with Crippen molar-refractivity contribution in [1.82, 2.24) is 20.9 Å². The molecule has 11 nitrogen and oxygen atoms in total. The summed E-state index contributed by atoms with van der Waals surface area (Å²) in [5.41, 5.74) is 7.99. The van der Waals surface area contributed by atoms with Gasteiger partial charge in [0.2, 0.25) is 25.1 Å². The van der Waals surface area contributed by atoms with Gasteiger partial charge in [0.15, 0.2) is 0 Å². The number of para-hydroxylation sites is 1. The highest BCUT2D eigenvalue weighted by molar-refractivity contribution is 7.59. The number of primary amides is 1. The number of benzene rings is 2. The summed E-state index contributed by atoms with van der Waals surface area (Å²) in [5, 5.41) is 10.4. The number of fused-ring (bicyclic) bond motifs is 1. The van der Waals surface area contributed by atoms with Crippen molar-refractivity contribution < 1.29 is 28.6 Å². The summed E-state index contributed by atoms with van der Waals surface area (Å²) < 4.78 is 13.6. The molecule has 0 aliphatic carbocycles. The Kier molecular flexibility index (Phi) is 11.1. The Morgan fingerprint density at radius 2 is 1.66 bits per heavy atom. The lowest BCUT2D eigenvalue weighted by atomic mass is 10.0. The molecule has 0 spiro atoms. The maximum absolute atomic E-state index is 13.6. The summed E-state index contributed by atoms with van der Waals surface area (Å²) in [5.74, 6) is -3.98. The first kappa shape index (κ1) is 32.7. The number of hydrogen-bond donors (Lipinski definition) is 6. The van der Waals surface area contributed by atoms with Gasteiger partial charge in [-0.15, -0.1) is 11.3 Å². The fraction of sp³-hybridized carbons (Fsp3) is 0.290. The molecule has 2 aromatic heterocycles. The van der Waals surface area contributed by atoms with Crippen molar-refractivity contribution in [3.8, 4) is 0 Å². The smallest absolute Gasteiger partial charge is 0.262 e. The summed E-state index contributed by atoms with van der Waals surface area (Å²) >= 11 is 1.19. The summed E-state index contributed by atoms with van der Waals surface area (Å²) in [6.07, 6.45) is 1.80. The minimum absolute atomic E-state index is 0.0199. The van der Waals surface area contributed by atoms with Crippen molar-refractivity contribution in [2.24, 2.45) is 5.73 Å². The molecule has 0 radical (unpaired) electrons. The second-order valence-corrected chi connectivity index (χ2v) is 13.9. The van der Waals surface area contributed by atoms with E-state index in [9.17, 15) is 28.6 Å². The fourth-order valence-electron chi connectivity index (χ4n) is 4.89. The van der Waals surface area contributed by atoms with Crippen LogP contribution in [0.15, 0.2) is 78.3 Å². The van der Waals surface area contributed by atoms with E-state index in [1.165, 1.54) is 11.3 Å². The summed E-state index contributed by atoms with van der Waals surface area (Å²) in [6, 6.07) is 17.6. The van der Waals surface area contributed by atoms with Crippen LogP contribution in [0, 0.1) is 0 Å². The Bertz CT molecular complexity index is 1640.